The molecule has 0 bridgehead atoms. The summed E-state index contributed by atoms with van der Waals surface area (Å²) in [6, 6.07) is 12.4. The van der Waals surface area contributed by atoms with Gasteiger partial charge in [-0.1, -0.05) is 36.9 Å². The predicted octanol–water partition coefficient (Wildman–Crippen LogP) is 2.62. The van der Waals surface area contributed by atoms with Crippen molar-refractivity contribution in [3.8, 4) is 0 Å². The summed E-state index contributed by atoms with van der Waals surface area (Å²) in [5, 5.41) is 5.76. The first-order valence-electron chi connectivity index (χ1n) is 11.3. The average Bonchev–Trinajstić information content (AvgIpc) is 3.23. The molecule has 1 saturated heterocycles. The van der Waals surface area contributed by atoms with Crippen LogP contribution < -0.4 is 10.6 Å². The fourth-order valence-corrected chi connectivity index (χ4v) is 7.32. The maximum atomic E-state index is 13.9. The lowest BCUT2D eigenvalue weighted by molar-refractivity contribution is -0.117. The van der Waals surface area contributed by atoms with E-state index in [1.807, 2.05) is 44.2 Å². The number of carbonyl (C=O) groups excluding carboxylic acids is 2. The van der Waals surface area contributed by atoms with Gasteiger partial charge in [0, 0.05) is 25.2 Å². The fraction of sp³-hybridized carbons (Fsp3) is 0.440. The van der Waals surface area contributed by atoms with Crippen LogP contribution in [0, 0.1) is 0 Å². The summed E-state index contributed by atoms with van der Waals surface area (Å²) in [5.41, 5.74) is -0.291. The number of benzene rings is 1. The van der Waals surface area contributed by atoms with Gasteiger partial charge in [0.1, 0.15) is 5.69 Å². The van der Waals surface area contributed by atoms with Crippen LogP contribution in [0.5, 0.6) is 0 Å². The van der Waals surface area contributed by atoms with Crippen molar-refractivity contribution in [3.05, 3.63) is 66.4 Å². The smallest absolute Gasteiger partial charge is 0.267 e. The molecule has 2 heterocycles. The van der Waals surface area contributed by atoms with Crippen LogP contribution in [0.3, 0.4) is 0 Å². The first-order chi connectivity index (χ1) is 15.8. The Bertz CT molecular complexity index is 1180. The molecule has 1 aromatic carbocycles. The zero-order chi connectivity index (χ0) is 25.3. The molecule has 8 nitrogen and oxygen atoms in total. The number of nitrogens with zero attached hydrogens (tertiary/aromatic N) is 2. The van der Waals surface area contributed by atoms with Gasteiger partial charge in [0.15, 0.2) is 5.03 Å². The lowest BCUT2D eigenvalue weighted by atomic mass is 9.94. The highest BCUT2D eigenvalue weighted by Gasteiger charge is 2.57. The standard InChI is InChI=1S/C25H34N4O4S/c1-7-21(30)27-20-17-24(2,3)29(25(20,4)5)34(32,33)22-14-13-19(28(22)6)23(31)26-16-15-18-11-9-8-10-12-18/h7-14,20H,1,15-17H2,2-6H3,(H,26,31)(H,27,30). The first-order valence-corrected chi connectivity index (χ1v) is 12.7. The van der Waals surface area contributed by atoms with Crippen molar-refractivity contribution in [1.29, 1.82) is 0 Å². The second-order valence-corrected chi connectivity index (χ2v) is 11.5. The fourth-order valence-electron chi connectivity index (χ4n) is 4.98. The van der Waals surface area contributed by atoms with Crippen molar-refractivity contribution >= 4 is 21.8 Å². The van der Waals surface area contributed by atoms with E-state index in [4.69, 9.17) is 0 Å². The quantitative estimate of drug-likeness (QED) is 0.560. The molecule has 184 valence electrons. The number of hydrogen-bond acceptors (Lipinski definition) is 4. The summed E-state index contributed by atoms with van der Waals surface area (Å²) in [6.45, 7) is 11.2. The van der Waals surface area contributed by atoms with E-state index in [1.54, 1.807) is 20.9 Å². The molecule has 0 spiro atoms. The highest BCUT2D eigenvalue weighted by molar-refractivity contribution is 7.89. The summed E-state index contributed by atoms with van der Waals surface area (Å²) in [4.78, 5) is 24.7. The van der Waals surface area contributed by atoms with E-state index in [2.05, 4.69) is 17.2 Å². The van der Waals surface area contributed by atoms with Crippen molar-refractivity contribution in [2.24, 2.45) is 7.05 Å². The van der Waals surface area contributed by atoms with Crippen LogP contribution in [-0.2, 0) is 28.3 Å². The van der Waals surface area contributed by atoms with Gasteiger partial charge in [-0.25, -0.2) is 8.42 Å². The lowest BCUT2D eigenvalue weighted by Gasteiger charge is -2.40. The monoisotopic (exact) mass is 486 g/mol. The second-order valence-electron chi connectivity index (χ2n) is 9.81. The van der Waals surface area contributed by atoms with Gasteiger partial charge < -0.3 is 15.2 Å². The molecule has 1 aliphatic heterocycles. The van der Waals surface area contributed by atoms with Gasteiger partial charge in [-0.15, -0.1) is 0 Å². The van der Waals surface area contributed by atoms with Gasteiger partial charge in [-0.3, -0.25) is 9.59 Å². The number of nitrogens with one attached hydrogen (secondary N) is 2. The van der Waals surface area contributed by atoms with Crippen molar-refractivity contribution in [2.45, 2.75) is 62.7 Å². The SMILES string of the molecule is C=CC(=O)NC1CC(C)(C)N(S(=O)(=O)c2ccc(C(=O)NCCc3ccccc3)n2C)C1(C)C. The normalized spacial score (nSPS) is 19.5. The molecule has 0 saturated carbocycles. The number of sulfonamides is 1. The largest absolute Gasteiger partial charge is 0.350 e. The zero-order valence-electron chi connectivity index (χ0n) is 20.5. The van der Waals surface area contributed by atoms with E-state index in [0.717, 1.165) is 5.56 Å². The van der Waals surface area contributed by atoms with Gasteiger partial charge in [-0.2, -0.15) is 4.31 Å². The van der Waals surface area contributed by atoms with Crippen LogP contribution in [0.2, 0.25) is 0 Å². The minimum atomic E-state index is -4.00. The number of rotatable bonds is 8. The number of carbonyl (C=O) groups is 2. The molecule has 1 aromatic heterocycles. The highest BCUT2D eigenvalue weighted by atomic mass is 32.2. The van der Waals surface area contributed by atoms with Gasteiger partial charge >= 0.3 is 0 Å². The summed E-state index contributed by atoms with van der Waals surface area (Å²) in [6.07, 6.45) is 2.30. The molecule has 2 N–H and O–H groups in total. The van der Waals surface area contributed by atoms with Crippen molar-refractivity contribution in [3.63, 3.8) is 0 Å². The van der Waals surface area contributed by atoms with Crippen LogP contribution >= 0.6 is 0 Å². The molecule has 1 atom stereocenters. The Morgan fingerprint density at radius 1 is 1.12 bits per heavy atom. The molecule has 1 unspecified atom stereocenters. The maximum Gasteiger partial charge on any atom is 0.267 e. The predicted molar refractivity (Wildman–Crippen MR) is 132 cm³/mol. The molecular weight excluding hydrogens is 452 g/mol. The summed E-state index contributed by atoms with van der Waals surface area (Å²) in [7, 11) is -2.42. The number of amides is 2. The summed E-state index contributed by atoms with van der Waals surface area (Å²) in [5.74, 6) is -0.683. The van der Waals surface area contributed by atoms with Crippen LogP contribution in [0.1, 0.15) is 50.2 Å². The van der Waals surface area contributed by atoms with Crippen molar-refractivity contribution in [2.75, 3.05) is 6.54 Å². The Kier molecular flexibility index (Phi) is 7.10. The molecule has 34 heavy (non-hydrogen) atoms. The van der Waals surface area contributed by atoms with Crippen LogP contribution in [-0.4, -0.2) is 52.8 Å². The van der Waals surface area contributed by atoms with Crippen molar-refractivity contribution in [1.82, 2.24) is 19.5 Å². The summed E-state index contributed by atoms with van der Waals surface area (Å²) >= 11 is 0. The third-order valence-electron chi connectivity index (χ3n) is 6.49. The Balaban J connectivity index is 1.83. The van der Waals surface area contributed by atoms with E-state index < -0.39 is 27.1 Å². The topological polar surface area (TPSA) is 101 Å². The highest BCUT2D eigenvalue weighted by Crippen LogP contribution is 2.44. The molecule has 2 amide bonds. The minimum Gasteiger partial charge on any atom is -0.350 e. The van der Waals surface area contributed by atoms with Crippen LogP contribution in [0.25, 0.3) is 0 Å². The third kappa shape index (κ3) is 4.81. The molecule has 2 aromatic rings. The maximum absolute atomic E-state index is 13.9. The van der Waals surface area contributed by atoms with E-state index in [0.29, 0.717) is 19.4 Å². The molecule has 0 radical (unpaired) electrons. The second kappa shape index (κ2) is 9.38. The minimum absolute atomic E-state index is 0.0255. The Morgan fingerprint density at radius 3 is 2.38 bits per heavy atom. The molecule has 0 aliphatic carbocycles. The molecular formula is C25H34N4O4S. The lowest BCUT2D eigenvalue weighted by Crippen LogP contribution is -2.56. The summed E-state index contributed by atoms with van der Waals surface area (Å²) < 4.78 is 30.6. The average molecular weight is 487 g/mol. The number of aromatic nitrogens is 1. The number of hydrogen-bond donors (Lipinski definition) is 2. The zero-order valence-corrected chi connectivity index (χ0v) is 21.3. The molecule has 9 heteroatoms. The van der Waals surface area contributed by atoms with Gasteiger partial charge in [0.2, 0.25) is 5.91 Å². The van der Waals surface area contributed by atoms with Crippen LogP contribution in [0.15, 0.2) is 60.1 Å². The van der Waals surface area contributed by atoms with E-state index in [-0.39, 0.29) is 22.5 Å². The van der Waals surface area contributed by atoms with E-state index in [9.17, 15) is 18.0 Å². The Labute approximate surface area is 202 Å². The first kappa shape index (κ1) is 25.7. The van der Waals surface area contributed by atoms with Gasteiger partial charge in [0.05, 0.1) is 5.54 Å². The van der Waals surface area contributed by atoms with Gasteiger partial charge in [0.25, 0.3) is 15.9 Å². The van der Waals surface area contributed by atoms with E-state index >= 15 is 0 Å². The van der Waals surface area contributed by atoms with Crippen molar-refractivity contribution < 1.29 is 18.0 Å². The molecule has 1 aliphatic rings. The van der Waals surface area contributed by atoms with Gasteiger partial charge in [-0.05, 0) is 64.3 Å². The Hall–Kier alpha value is -2.91. The van der Waals surface area contributed by atoms with Crippen LogP contribution in [0.4, 0.5) is 0 Å². The van der Waals surface area contributed by atoms with E-state index in [1.165, 1.54) is 27.1 Å². The third-order valence-corrected chi connectivity index (χ3v) is 8.87. The molecule has 1 fully saturated rings. The Morgan fingerprint density at radius 2 is 1.76 bits per heavy atom. The molecule has 3 rings (SSSR count).